The van der Waals surface area contributed by atoms with Crippen molar-refractivity contribution in [2.45, 2.75) is 51.5 Å². The van der Waals surface area contributed by atoms with Gasteiger partial charge < -0.3 is 9.84 Å². The van der Waals surface area contributed by atoms with Crippen LogP contribution in [0.3, 0.4) is 0 Å². The Hall–Kier alpha value is -2.14. The van der Waals surface area contributed by atoms with Crippen LogP contribution in [0.2, 0.25) is 0 Å². The van der Waals surface area contributed by atoms with E-state index in [0.717, 1.165) is 49.5 Å². The zero-order chi connectivity index (χ0) is 17.2. The summed E-state index contributed by atoms with van der Waals surface area (Å²) in [5, 5.41) is 7.21. The molecule has 132 valence electrons. The summed E-state index contributed by atoms with van der Waals surface area (Å²) in [6, 6.07) is 8.61. The minimum absolute atomic E-state index is 0.0833. The first kappa shape index (κ1) is 16.3. The highest BCUT2D eigenvalue weighted by molar-refractivity contribution is 5.91. The van der Waals surface area contributed by atoms with Crippen LogP contribution in [0.4, 0.5) is 5.69 Å². The van der Waals surface area contributed by atoms with Crippen LogP contribution in [-0.2, 0) is 17.6 Å². The van der Waals surface area contributed by atoms with E-state index in [1.165, 1.54) is 24.0 Å². The van der Waals surface area contributed by atoms with Crippen molar-refractivity contribution in [2.75, 3.05) is 18.4 Å². The number of benzene rings is 1. The van der Waals surface area contributed by atoms with Crippen molar-refractivity contribution in [1.29, 1.82) is 0 Å². The van der Waals surface area contributed by atoms with Crippen LogP contribution in [0.1, 0.15) is 54.3 Å². The minimum atomic E-state index is 0.0833. The van der Waals surface area contributed by atoms with Crippen LogP contribution in [0, 0.1) is 6.92 Å². The maximum Gasteiger partial charge on any atom is 0.225 e. The molecule has 1 saturated heterocycles. The van der Waals surface area contributed by atoms with E-state index in [2.05, 4.69) is 27.5 Å². The molecule has 2 aromatic rings. The molecule has 1 amide bonds. The molecule has 2 heterocycles. The van der Waals surface area contributed by atoms with Crippen molar-refractivity contribution in [1.82, 2.24) is 10.1 Å². The minimum Gasteiger partial charge on any atom is -0.361 e. The van der Waals surface area contributed by atoms with Gasteiger partial charge in [-0.2, -0.15) is 0 Å². The fourth-order valence-electron chi connectivity index (χ4n) is 4.09. The number of amides is 1. The van der Waals surface area contributed by atoms with E-state index < -0.39 is 0 Å². The molecule has 1 aliphatic heterocycles. The number of fused-ring (bicyclic) bond motifs is 1. The lowest BCUT2D eigenvalue weighted by Crippen LogP contribution is -2.27. The van der Waals surface area contributed by atoms with Gasteiger partial charge in [0.2, 0.25) is 5.91 Å². The first-order valence-corrected chi connectivity index (χ1v) is 9.28. The predicted molar refractivity (Wildman–Crippen MR) is 96.5 cm³/mol. The number of nitrogens with zero attached hydrogens (tertiary/aromatic N) is 2. The molecule has 1 aromatic carbocycles. The number of rotatable bonds is 5. The Kier molecular flexibility index (Phi) is 4.57. The van der Waals surface area contributed by atoms with Gasteiger partial charge >= 0.3 is 0 Å². The first-order chi connectivity index (χ1) is 12.2. The van der Waals surface area contributed by atoms with Crippen LogP contribution in [0.15, 0.2) is 28.8 Å². The number of carbonyl (C=O) groups is 1. The highest BCUT2D eigenvalue weighted by atomic mass is 16.5. The molecule has 0 spiro atoms. The number of hydrogen-bond donors (Lipinski definition) is 1. The van der Waals surface area contributed by atoms with Crippen molar-refractivity contribution in [2.24, 2.45) is 0 Å². The van der Waals surface area contributed by atoms with E-state index in [1.807, 2.05) is 19.1 Å². The normalized spacial score (nSPS) is 20.0. The molecule has 0 bridgehead atoms. The third kappa shape index (κ3) is 3.61. The van der Waals surface area contributed by atoms with Gasteiger partial charge in [0.05, 0.1) is 6.04 Å². The predicted octanol–water partition coefficient (Wildman–Crippen LogP) is 3.64. The van der Waals surface area contributed by atoms with Crippen molar-refractivity contribution in [3.8, 4) is 0 Å². The number of aryl methyl sites for hydroxylation is 3. The van der Waals surface area contributed by atoms with Crippen molar-refractivity contribution in [3.05, 3.63) is 46.8 Å². The lowest BCUT2D eigenvalue weighted by molar-refractivity contribution is -0.116. The highest BCUT2D eigenvalue weighted by Crippen LogP contribution is 2.31. The summed E-state index contributed by atoms with van der Waals surface area (Å²) in [7, 11) is 0. The molecule has 5 heteroatoms. The second-order valence-electron chi connectivity index (χ2n) is 7.19. The van der Waals surface area contributed by atoms with E-state index in [1.54, 1.807) is 0 Å². The van der Waals surface area contributed by atoms with E-state index in [9.17, 15) is 4.79 Å². The summed E-state index contributed by atoms with van der Waals surface area (Å²) in [5.41, 5.74) is 4.74. The number of hydrogen-bond acceptors (Lipinski definition) is 4. The molecule has 0 saturated carbocycles. The molecule has 1 fully saturated rings. The van der Waals surface area contributed by atoms with Crippen LogP contribution >= 0.6 is 0 Å². The Morgan fingerprint density at radius 2 is 2.16 bits per heavy atom. The Morgan fingerprint density at radius 1 is 1.28 bits per heavy atom. The van der Waals surface area contributed by atoms with Gasteiger partial charge in [-0.25, -0.2) is 0 Å². The molecular formula is C20H25N3O2. The Labute approximate surface area is 148 Å². The molecule has 0 radical (unpaired) electrons. The number of anilines is 1. The van der Waals surface area contributed by atoms with Gasteiger partial charge in [-0.15, -0.1) is 0 Å². The zero-order valence-electron chi connectivity index (χ0n) is 14.8. The number of nitrogens with one attached hydrogen (secondary N) is 1. The topological polar surface area (TPSA) is 58.4 Å². The van der Waals surface area contributed by atoms with Gasteiger partial charge in [-0.3, -0.25) is 9.69 Å². The quantitative estimate of drug-likeness (QED) is 0.903. The first-order valence-electron chi connectivity index (χ1n) is 9.28. The standard InChI is InChI=1S/C20H25N3O2/c1-14-12-18(22-25-14)19-6-3-10-23(19)11-9-20(24)21-17-8-7-15-4-2-5-16(15)13-17/h7-8,12-13,19H,2-6,9-11H2,1H3,(H,21,24)/t19-/m0/s1. The maximum atomic E-state index is 12.3. The molecule has 1 aliphatic carbocycles. The largest absolute Gasteiger partial charge is 0.361 e. The van der Waals surface area contributed by atoms with Crippen molar-refractivity contribution < 1.29 is 9.32 Å². The molecule has 1 aromatic heterocycles. The number of carbonyl (C=O) groups excluding carboxylic acids is 1. The lowest BCUT2D eigenvalue weighted by atomic mass is 10.1. The Bertz CT molecular complexity index is 768. The Balaban J connectivity index is 1.32. The summed E-state index contributed by atoms with van der Waals surface area (Å²) in [6.45, 7) is 3.69. The van der Waals surface area contributed by atoms with Crippen molar-refractivity contribution in [3.63, 3.8) is 0 Å². The zero-order valence-corrected chi connectivity index (χ0v) is 14.8. The summed E-state index contributed by atoms with van der Waals surface area (Å²) < 4.78 is 5.21. The van der Waals surface area contributed by atoms with Gasteiger partial charge in [0.25, 0.3) is 0 Å². The summed E-state index contributed by atoms with van der Waals surface area (Å²) in [4.78, 5) is 14.7. The van der Waals surface area contributed by atoms with Gasteiger partial charge in [-0.05, 0) is 68.8 Å². The third-order valence-electron chi connectivity index (χ3n) is 5.36. The molecule has 0 unspecified atom stereocenters. The molecule has 25 heavy (non-hydrogen) atoms. The highest BCUT2D eigenvalue weighted by Gasteiger charge is 2.28. The van der Waals surface area contributed by atoms with E-state index in [0.29, 0.717) is 6.42 Å². The van der Waals surface area contributed by atoms with Crippen LogP contribution in [0.25, 0.3) is 0 Å². The van der Waals surface area contributed by atoms with Gasteiger partial charge in [0, 0.05) is 24.7 Å². The molecule has 2 aliphatic rings. The van der Waals surface area contributed by atoms with Crippen LogP contribution in [0.5, 0.6) is 0 Å². The fraction of sp³-hybridized carbons (Fsp3) is 0.500. The maximum absolute atomic E-state index is 12.3. The number of likely N-dealkylation sites (tertiary alicyclic amines) is 1. The second-order valence-corrected chi connectivity index (χ2v) is 7.19. The number of aromatic nitrogens is 1. The average molecular weight is 339 g/mol. The lowest BCUT2D eigenvalue weighted by Gasteiger charge is -2.22. The third-order valence-corrected chi connectivity index (χ3v) is 5.36. The summed E-state index contributed by atoms with van der Waals surface area (Å²) in [6.07, 6.45) is 6.25. The SMILES string of the molecule is Cc1cc([C@@H]2CCCN2CCC(=O)Nc2ccc3c(c2)CCC3)no1. The van der Waals surface area contributed by atoms with Gasteiger partial charge in [-0.1, -0.05) is 11.2 Å². The van der Waals surface area contributed by atoms with Crippen molar-refractivity contribution >= 4 is 11.6 Å². The van der Waals surface area contributed by atoms with Gasteiger partial charge in [0.1, 0.15) is 11.5 Å². The van der Waals surface area contributed by atoms with E-state index >= 15 is 0 Å². The second kappa shape index (κ2) is 7.00. The van der Waals surface area contributed by atoms with E-state index in [-0.39, 0.29) is 11.9 Å². The smallest absolute Gasteiger partial charge is 0.225 e. The van der Waals surface area contributed by atoms with Gasteiger partial charge in [0.15, 0.2) is 0 Å². The summed E-state index contributed by atoms with van der Waals surface area (Å²) >= 11 is 0. The molecular weight excluding hydrogens is 314 g/mol. The summed E-state index contributed by atoms with van der Waals surface area (Å²) in [5.74, 6) is 0.927. The van der Waals surface area contributed by atoms with Crippen LogP contribution in [-0.4, -0.2) is 29.1 Å². The monoisotopic (exact) mass is 339 g/mol. The van der Waals surface area contributed by atoms with Crippen LogP contribution < -0.4 is 5.32 Å². The molecule has 4 rings (SSSR count). The Morgan fingerprint density at radius 3 is 3.00 bits per heavy atom. The average Bonchev–Trinajstić information content (AvgIpc) is 3.32. The molecule has 1 N–H and O–H groups in total. The van der Waals surface area contributed by atoms with E-state index in [4.69, 9.17) is 4.52 Å². The molecule has 5 nitrogen and oxygen atoms in total. The molecule has 1 atom stereocenters. The fourth-order valence-corrected chi connectivity index (χ4v) is 4.09.